The van der Waals surface area contributed by atoms with Crippen molar-refractivity contribution in [1.82, 2.24) is 5.32 Å². The second-order valence-corrected chi connectivity index (χ2v) is 7.24. The Morgan fingerprint density at radius 2 is 1.68 bits per heavy atom. The maximum Gasteiger partial charge on any atom is 0.231 e. The molecule has 1 aromatic rings. The van der Waals surface area contributed by atoms with Gasteiger partial charge in [0.25, 0.3) is 0 Å². The van der Waals surface area contributed by atoms with Crippen molar-refractivity contribution < 1.29 is 19.1 Å². The number of fused-ring (bicyclic) bond motifs is 1. The van der Waals surface area contributed by atoms with Crippen molar-refractivity contribution in [1.29, 1.82) is 0 Å². The Morgan fingerprint density at radius 1 is 1.04 bits per heavy atom. The van der Waals surface area contributed by atoms with Crippen molar-refractivity contribution in [3.05, 3.63) is 18.2 Å². The summed E-state index contributed by atoms with van der Waals surface area (Å²) >= 11 is 0. The highest BCUT2D eigenvalue weighted by Gasteiger charge is 2.30. The number of carbonyl (C=O) groups excluding carboxylic acids is 2. The predicted molar refractivity (Wildman–Crippen MR) is 94.5 cm³/mol. The lowest BCUT2D eigenvalue weighted by atomic mass is 9.81. The molecule has 1 aliphatic carbocycles. The SMILES string of the molecule is CC(C)CNC(=O)C1CCC(C(=O)Nc2ccc3c(c2)OCO3)CC1. The fraction of sp³-hybridized carbons (Fsp3) is 0.579. The lowest BCUT2D eigenvalue weighted by molar-refractivity contribution is -0.128. The van der Waals surface area contributed by atoms with Crippen molar-refractivity contribution in [3.63, 3.8) is 0 Å². The molecule has 25 heavy (non-hydrogen) atoms. The molecule has 1 aromatic carbocycles. The normalized spacial score (nSPS) is 21.9. The first-order valence-corrected chi connectivity index (χ1v) is 9.01. The van der Waals surface area contributed by atoms with E-state index in [-0.39, 0.29) is 30.4 Å². The number of amides is 2. The second kappa shape index (κ2) is 7.76. The summed E-state index contributed by atoms with van der Waals surface area (Å²) in [5.41, 5.74) is 0.714. The van der Waals surface area contributed by atoms with Crippen LogP contribution in [0.2, 0.25) is 0 Å². The minimum atomic E-state index is -0.0421. The number of carbonyl (C=O) groups is 2. The molecule has 6 nitrogen and oxygen atoms in total. The third kappa shape index (κ3) is 4.44. The number of ether oxygens (including phenoxy) is 2. The Morgan fingerprint density at radius 3 is 2.36 bits per heavy atom. The minimum absolute atomic E-state index is 0.0138. The summed E-state index contributed by atoms with van der Waals surface area (Å²) in [6.07, 6.45) is 3.03. The van der Waals surface area contributed by atoms with Gasteiger partial charge < -0.3 is 20.1 Å². The van der Waals surface area contributed by atoms with Crippen LogP contribution >= 0.6 is 0 Å². The molecule has 0 atom stereocenters. The highest BCUT2D eigenvalue weighted by Crippen LogP contribution is 2.35. The van der Waals surface area contributed by atoms with E-state index in [1.54, 1.807) is 12.1 Å². The van der Waals surface area contributed by atoms with Gasteiger partial charge in [-0.15, -0.1) is 0 Å². The zero-order valence-corrected chi connectivity index (χ0v) is 14.8. The van der Waals surface area contributed by atoms with Crippen LogP contribution in [-0.4, -0.2) is 25.2 Å². The van der Waals surface area contributed by atoms with Crippen LogP contribution in [0.5, 0.6) is 11.5 Å². The minimum Gasteiger partial charge on any atom is -0.454 e. The molecule has 0 spiro atoms. The van der Waals surface area contributed by atoms with Crippen LogP contribution < -0.4 is 20.1 Å². The summed E-state index contributed by atoms with van der Waals surface area (Å²) in [5.74, 6) is 1.94. The molecule has 1 aliphatic heterocycles. The van der Waals surface area contributed by atoms with Gasteiger partial charge in [-0.25, -0.2) is 0 Å². The molecule has 0 bridgehead atoms. The Labute approximate surface area is 148 Å². The van der Waals surface area contributed by atoms with Gasteiger partial charge in [0.2, 0.25) is 18.6 Å². The van der Waals surface area contributed by atoms with Crippen LogP contribution in [-0.2, 0) is 9.59 Å². The fourth-order valence-corrected chi connectivity index (χ4v) is 3.29. The van der Waals surface area contributed by atoms with Gasteiger partial charge in [-0.05, 0) is 43.7 Å². The largest absolute Gasteiger partial charge is 0.454 e. The Hall–Kier alpha value is -2.24. The van der Waals surface area contributed by atoms with Crippen molar-refractivity contribution in [2.24, 2.45) is 17.8 Å². The third-order valence-corrected chi connectivity index (χ3v) is 4.79. The summed E-state index contributed by atoms with van der Waals surface area (Å²) in [4.78, 5) is 24.6. The van der Waals surface area contributed by atoms with E-state index in [0.717, 1.165) is 25.7 Å². The predicted octanol–water partition coefficient (Wildman–Crippen LogP) is 2.93. The maximum atomic E-state index is 12.5. The average Bonchev–Trinajstić information content (AvgIpc) is 3.07. The van der Waals surface area contributed by atoms with Crippen molar-refractivity contribution in [2.45, 2.75) is 39.5 Å². The molecule has 136 valence electrons. The molecule has 2 aliphatic rings. The topological polar surface area (TPSA) is 76.7 Å². The van der Waals surface area contributed by atoms with Gasteiger partial charge in [0.15, 0.2) is 11.5 Å². The highest BCUT2D eigenvalue weighted by molar-refractivity contribution is 5.93. The highest BCUT2D eigenvalue weighted by atomic mass is 16.7. The van der Waals surface area contributed by atoms with Crippen LogP contribution in [0.4, 0.5) is 5.69 Å². The number of benzene rings is 1. The van der Waals surface area contributed by atoms with E-state index in [1.807, 2.05) is 6.07 Å². The smallest absolute Gasteiger partial charge is 0.231 e. The van der Waals surface area contributed by atoms with Crippen LogP contribution in [0.3, 0.4) is 0 Å². The number of nitrogens with one attached hydrogen (secondary N) is 2. The van der Waals surface area contributed by atoms with Crippen molar-refractivity contribution in [2.75, 3.05) is 18.7 Å². The quantitative estimate of drug-likeness (QED) is 0.859. The molecule has 2 amide bonds. The van der Waals surface area contributed by atoms with E-state index in [0.29, 0.717) is 29.6 Å². The molecule has 1 fully saturated rings. The van der Waals surface area contributed by atoms with E-state index in [2.05, 4.69) is 24.5 Å². The number of hydrogen-bond acceptors (Lipinski definition) is 4. The van der Waals surface area contributed by atoms with Gasteiger partial charge in [-0.2, -0.15) is 0 Å². The van der Waals surface area contributed by atoms with Gasteiger partial charge in [-0.3, -0.25) is 9.59 Å². The number of rotatable bonds is 5. The number of anilines is 1. The molecule has 0 saturated heterocycles. The van der Waals surface area contributed by atoms with E-state index < -0.39 is 0 Å². The Balaban J connectivity index is 1.47. The van der Waals surface area contributed by atoms with Crippen LogP contribution in [0, 0.1) is 17.8 Å². The zero-order valence-electron chi connectivity index (χ0n) is 14.8. The van der Waals surface area contributed by atoms with Crippen LogP contribution in [0.1, 0.15) is 39.5 Å². The molecule has 0 aromatic heterocycles. The lowest BCUT2D eigenvalue weighted by Crippen LogP contribution is -2.36. The summed E-state index contributed by atoms with van der Waals surface area (Å²) < 4.78 is 10.6. The maximum absolute atomic E-state index is 12.5. The molecular formula is C19H26N2O4. The third-order valence-electron chi connectivity index (χ3n) is 4.79. The Kier molecular flexibility index (Phi) is 5.46. The first kappa shape index (κ1) is 17.6. The molecule has 1 heterocycles. The van der Waals surface area contributed by atoms with Crippen molar-refractivity contribution >= 4 is 17.5 Å². The van der Waals surface area contributed by atoms with E-state index in [1.165, 1.54) is 0 Å². The van der Waals surface area contributed by atoms with Gasteiger partial charge in [0.05, 0.1) is 0 Å². The molecule has 0 radical (unpaired) electrons. The summed E-state index contributed by atoms with van der Waals surface area (Å²) in [5, 5.41) is 5.94. The van der Waals surface area contributed by atoms with Crippen molar-refractivity contribution in [3.8, 4) is 11.5 Å². The van der Waals surface area contributed by atoms with E-state index >= 15 is 0 Å². The summed E-state index contributed by atoms with van der Waals surface area (Å²) in [6, 6.07) is 5.40. The van der Waals surface area contributed by atoms with Crippen LogP contribution in [0.15, 0.2) is 18.2 Å². The summed E-state index contributed by atoms with van der Waals surface area (Å²) in [6.45, 7) is 5.09. The first-order chi connectivity index (χ1) is 12.0. The Bertz CT molecular complexity index is 636. The van der Waals surface area contributed by atoms with Crippen LogP contribution in [0.25, 0.3) is 0 Å². The van der Waals surface area contributed by atoms with Gasteiger partial charge in [0.1, 0.15) is 0 Å². The zero-order chi connectivity index (χ0) is 17.8. The average molecular weight is 346 g/mol. The fourth-order valence-electron chi connectivity index (χ4n) is 3.29. The molecule has 1 saturated carbocycles. The first-order valence-electron chi connectivity index (χ1n) is 9.01. The van der Waals surface area contributed by atoms with Gasteiger partial charge in [-0.1, -0.05) is 13.8 Å². The summed E-state index contributed by atoms with van der Waals surface area (Å²) in [7, 11) is 0. The van der Waals surface area contributed by atoms with Gasteiger partial charge in [0, 0.05) is 30.1 Å². The lowest BCUT2D eigenvalue weighted by Gasteiger charge is -2.27. The second-order valence-electron chi connectivity index (χ2n) is 7.24. The number of hydrogen-bond donors (Lipinski definition) is 2. The van der Waals surface area contributed by atoms with E-state index in [9.17, 15) is 9.59 Å². The molecule has 0 unspecified atom stereocenters. The molecule has 3 rings (SSSR count). The standard InChI is InChI=1S/C19H26N2O4/c1-12(2)10-20-18(22)13-3-5-14(6-4-13)19(23)21-15-7-8-16-17(9-15)25-11-24-16/h7-9,12-14H,3-6,10-11H2,1-2H3,(H,20,22)(H,21,23). The molecular weight excluding hydrogens is 320 g/mol. The van der Waals surface area contributed by atoms with E-state index in [4.69, 9.17) is 9.47 Å². The molecule has 6 heteroatoms. The molecule has 2 N–H and O–H groups in total. The van der Waals surface area contributed by atoms with Gasteiger partial charge >= 0.3 is 0 Å². The monoisotopic (exact) mass is 346 g/mol.